The molecular weight excluding hydrogens is 220 g/mol. The number of carbonyl (C=O) groups excluding carboxylic acids is 1. The Kier molecular flexibility index (Phi) is 4.38. The summed E-state index contributed by atoms with van der Waals surface area (Å²) in [5.41, 5.74) is 5.88. The molecule has 0 heterocycles. The van der Waals surface area contributed by atoms with Gasteiger partial charge in [0.1, 0.15) is 0 Å². The van der Waals surface area contributed by atoms with Gasteiger partial charge in [-0.15, -0.1) is 11.8 Å². The Morgan fingerprint density at radius 3 is 2.62 bits per heavy atom. The highest BCUT2D eigenvalue weighted by molar-refractivity contribution is 7.98. The molecule has 0 aliphatic carbocycles. The maximum Gasteiger partial charge on any atom is 0.231 e. The number of anilines is 1. The Morgan fingerprint density at radius 2 is 2.06 bits per heavy atom. The van der Waals surface area contributed by atoms with Gasteiger partial charge in [0.2, 0.25) is 5.91 Å². The van der Waals surface area contributed by atoms with E-state index in [1.54, 1.807) is 11.8 Å². The quantitative estimate of drug-likeness (QED) is 0.792. The largest absolute Gasteiger partial charge is 0.329 e. The van der Waals surface area contributed by atoms with E-state index in [1.807, 2.05) is 44.4 Å². The number of benzene rings is 1. The van der Waals surface area contributed by atoms with E-state index in [0.29, 0.717) is 6.54 Å². The lowest BCUT2D eigenvalue weighted by molar-refractivity contribution is -0.123. The van der Waals surface area contributed by atoms with Crippen LogP contribution in [0.5, 0.6) is 0 Å². The van der Waals surface area contributed by atoms with Crippen molar-refractivity contribution in [2.24, 2.45) is 11.1 Å². The second-order valence-electron chi connectivity index (χ2n) is 4.24. The average Bonchev–Trinajstić information content (AvgIpc) is 2.29. The fourth-order valence-corrected chi connectivity index (χ4v) is 1.69. The highest BCUT2D eigenvalue weighted by Gasteiger charge is 2.26. The summed E-state index contributed by atoms with van der Waals surface area (Å²) in [6.45, 7) is 4.01. The number of amides is 1. The van der Waals surface area contributed by atoms with Gasteiger partial charge in [0.25, 0.3) is 0 Å². The monoisotopic (exact) mass is 238 g/mol. The van der Waals surface area contributed by atoms with E-state index in [2.05, 4.69) is 5.32 Å². The number of hydrogen-bond acceptors (Lipinski definition) is 3. The van der Waals surface area contributed by atoms with Crippen molar-refractivity contribution in [1.29, 1.82) is 0 Å². The molecule has 0 spiro atoms. The molecule has 0 aromatic heterocycles. The fourth-order valence-electron chi connectivity index (χ4n) is 1.13. The molecule has 1 aromatic rings. The third-order valence-electron chi connectivity index (χ3n) is 2.48. The minimum absolute atomic E-state index is 0.0449. The Morgan fingerprint density at radius 1 is 1.44 bits per heavy atom. The van der Waals surface area contributed by atoms with Crippen molar-refractivity contribution in [3.63, 3.8) is 0 Å². The minimum Gasteiger partial charge on any atom is -0.329 e. The standard InChI is InChI=1S/C12H18N2OS/c1-12(2,8-13)11(15)14-9-6-4-5-7-10(9)16-3/h4-7H,8,13H2,1-3H3,(H,14,15). The fraction of sp³-hybridized carbons (Fsp3) is 0.417. The Hall–Kier alpha value is -1.00. The van der Waals surface area contributed by atoms with Crippen LogP contribution in [-0.4, -0.2) is 18.7 Å². The van der Waals surface area contributed by atoms with Gasteiger partial charge in [-0.25, -0.2) is 0 Å². The average molecular weight is 238 g/mol. The van der Waals surface area contributed by atoms with E-state index < -0.39 is 5.41 Å². The minimum atomic E-state index is -0.536. The third kappa shape index (κ3) is 3.00. The van der Waals surface area contributed by atoms with Gasteiger partial charge >= 0.3 is 0 Å². The van der Waals surface area contributed by atoms with Gasteiger partial charge in [0.15, 0.2) is 0 Å². The maximum absolute atomic E-state index is 11.9. The molecule has 88 valence electrons. The van der Waals surface area contributed by atoms with Crippen LogP contribution in [0.3, 0.4) is 0 Å². The highest BCUT2D eigenvalue weighted by Crippen LogP contribution is 2.26. The summed E-state index contributed by atoms with van der Waals surface area (Å²) in [7, 11) is 0. The van der Waals surface area contributed by atoms with Crippen LogP contribution in [0, 0.1) is 5.41 Å². The molecule has 0 atom stereocenters. The number of carbonyl (C=O) groups is 1. The van der Waals surface area contributed by atoms with Crippen molar-refractivity contribution in [2.75, 3.05) is 18.1 Å². The van der Waals surface area contributed by atoms with Crippen molar-refractivity contribution in [2.45, 2.75) is 18.7 Å². The van der Waals surface area contributed by atoms with Crippen molar-refractivity contribution >= 4 is 23.4 Å². The Labute approximate surface area is 101 Å². The van der Waals surface area contributed by atoms with Gasteiger partial charge in [-0.1, -0.05) is 12.1 Å². The van der Waals surface area contributed by atoms with Crippen LogP contribution < -0.4 is 11.1 Å². The number of nitrogens with two attached hydrogens (primary N) is 1. The van der Waals surface area contributed by atoms with Crippen molar-refractivity contribution < 1.29 is 4.79 Å². The predicted molar refractivity (Wildman–Crippen MR) is 69.7 cm³/mol. The molecule has 1 aromatic carbocycles. The SMILES string of the molecule is CSc1ccccc1NC(=O)C(C)(C)CN. The lowest BCUT2D eigenvalue weighted by atomic mass is 9.92. The van der Waals surface area contributed by atoms with Crippen LogP contribution in [0.1, 0.15) is 13.8 Å². The van der Waals surface area contributed by atoms with Crippen LogP contribution >= 0.6 is 11.8 Å². The van der Waals surface area contributed by atoms with E-state index in [0.717, 1.165) is 10.6 Å². The zero-order valence-corrected chi connectivity index (χ0v) is 10.7. The van der Waals surface area contributed by atoms with Crippen LogP contribution in [0.25, 0.3) is 0 Å². The van der Waals surface area contributed by atoms with E-state index in [-0.39, 0.29) is 5.91 Å². The van der Waals surface area contributed by atoms with E-state index >= 15 is 0 Å². The van der Waals surface area contributed by atoms with Crippen LogP contribution in [0.4, 0.5) is 5.69 Å². The van der Waals surface area contributed by atoms with Gasteiger partial charge < -0.3 is 11.1 Å². The smallest absolute Gasteiger partial charge is 0.231 e. The van der Waals surface area contributed by atoms with Gasteiger partial charge in [-0.05, 0) is 32.2 Å². The van der Waals surface area contributed by atoms with Gasteiger partial charge in [0.05, 0.1) is 11.1 Å². The molecule has 0 bridgehead atoms. The summed E-state index contributed by atoms with van der Waals surface area (Å²) in [4.78, 5) is 13.0. The van der Waals surface area contributed by atoms with Crippen LogP contribution in [0.2, 0.25) is 0 Å². The lowest BCUT2D eigenvalue weighted by Gasteiger charge is -2.22. The normalized spacial score (nSPS) is 11.2. The van der Waals surface area contributed by atoms with Crippen molar-refractivity contribution in [1.82, 2.24) is 0 Å². The highest BCUT2D eigenvalue weighted by atomic mass is 32.2. The Balaban J connectivity index is 2.85. The van der Waals surface area contributed by atoms with Crippen molar-refractivity contribution in [3.8, 4) is 0 Å². The summed E-state index contributed by atoms with van der Waals surface area (Å²) in [6, 6.07) is 7.74. The maximum atomic E-state index is 11.9. The number of para-hydroxylation sites is 1. The molecule has 0 radical (unpaired) electrons. The topological polar surface area (TPSA) is 55.1 Å². The summed E-state index contributed by atoms with van der Waals surface area (Å²) in [5, 5.41) is 2.91. The molecule has 0 saturated heterocycles. The number of thioether (sulfide) groups is 1. The molecule has 4 heteroatoms. The third-order valence-corrected chi connectivity index (χ3v) is 3.28. The Bertz CT molecular complexity index is 377. The second-order valence-corrected chi connectivity index (χ2v) is 5.09. The molecule has 0 unspecified atom stereocenters. The van der Waals surface area contributed by atoms with Crippen LogP contribution in [0.15, 0.2) is 29.2 Å². The molecule has 0 aliphatic heterocycles. The van der Waals surface area contributed by atoms with Crippen LogP contribution in [-0.2, 0) is 4.79 Å². The second kappa shape index (κ2) is 5.37. The first-order valence-corrected chi connectivity index (χ1v) is 6.38. The molecule has 1 amide bonds. The molecule has 16 heavy (non-hydrogen) atoms. The van der Waals surface area contributed by atoms with Gasteiger partial charge in [-0.3, -0.25) is 4.79 Å². The lowest BCUT2D eigenvalue weighted by Crippen LogP contribution is -2.37. The zero-order chi connectivity index (χ0) is 12.2. The molecule has 0 saturated carbocycles. The molecule has 0 aliphatic rings. The summed E-state index contributed by atoms with van der Waals surface area (Å²) < 4.78 is 0. The van der Waals surface area contributed by atoms with E-state index in [9.17, 15) is 4.79 Å². The number of hydrogen-bond donors (Lipinski definition) is 2. The molecule has 0 fully saturated rings. The first-order valence-electron chi connectivity index (χ1n) is 5.16. The predicted octanol–water partition coefficient (Wildman–Crippen LogP) is 2.33. The van der Waals surface area contributed by atoms with E-state index in [4.69, 9.17) is 5.73 Å². The number of rotatable bonds is 4. The van der Waals surface area contributed by atoms with Crippen molar-refractivity contribution in [3.05, 3.63) is 24.3 Å². The van der Waals surface area contributed by atoms with E-state index in [1.165, 1.54) is 0 Å². The summed E-state index contributed by atoms with van der Waals surface area (Å²) in [5.74, 6) is -0.0449. The molecule has 1 rings (SSSR count). The van der Waals surface area contributed by atoms with Gasteiger partial charge in [-0.2, -0.15) is 0 Å². The molecular formula is C12H18N2OS. The molecule has 3 nitrogen and oxygen atoms in total. The summed E-state index contributed by atoms with van der Waals surface area (Å²) >= 11 is 1.61. The number of nitrogens with one attached hydrogen (secondary N) is 1. The first kappa shape index (κ1) is 13.1. The van der Waals surface area contributed by atoms with Gasteiger partial charge in [0, 0.05) is 11.4 Å². The molecule has 3 N–H and O–H groups in total. The summed E-state index contributed by atoms with van der Waals surface area (Å²) in [6.07, 6.45) is 1.99. The zero-order valence-electron chi connectivity index (χ0n) is 9.91. The first-order chi connectivity index (χ1) is 7.51.